The Morgan fingerprint density at radius 1 is 0.708 bits per heavy atom. The fourth-order valence-corrected chi connectivity index (χ4v) is 3.19. The smallest absolute Gasteiger partial charge is 0.0728 e. The number of hydrogen-bond acceptors (Lipinski definition) is 1. The minimum absolute atomic E-state index is 0.278. The Morgan fingerprint density at radius 3 is 1.62 bits per heavy atom. The first kappa shape index (κ1) is 16.2. The average Bonchev–Trinajstić information content (AvgIpc) is 2.67. The molecule has 0 aliphatic rings. The average molecular weight is 313 g/mol. The predicted octanol–water partition coefficient (Wildman–Crippen LogP) is 5.30. The Bertz CT molecular complexity index is 708. The molecule has 120 valence electrons. The van der Waals surface area contributed by atoms with Crippen molar-refractivity contribution in [1.82, 2.24) is 5.32 Å². The van der Waals surface area contributed by atoms with Gasteiger partial charge in [-0.3, -0.25) is 5.32 Å². The number of nitrogens with one attached hydrogen (secondary N) is 1. The van der Waals surface area contributed by atoms with E-state index in [1.54, 1.807) is 0 Å². The SMILES string of the molecule is C=CCC(NCc1ccccc1)(c1ccccc1)c1ccccc1. The monoisotopic (exact) mass is 313 g/mol. The summed E-state index contributed by atoms with van der Waals surface area (Å²) in [6, 6.07) is 31.8. The second-order valence-electron chi connectivity index (χ2n) is 5.97. The van der Waals surface area contributed by atoms with E-state index in [1.807, 2.05) is 6.08 Å². The molecular formula is C23H23N. The van der Waals surface area contributed by atoms with Gasteiger partial charge in [-0.05, 0) is 23.1 Å². The lowest BCUT2D eigenvalue weighted by Crippen LogP contribution is -2.42. The lowest BCUT2D eigenvalue weighted by molar-refractivity contribution is 0.402. The zero-order chi connectivity index (χ0) is 16.7. The molecule has 0 amide bonds. The summed E-state index contributed by atoms with van der Waals surface area (Å²) < 4.78 is 0. The summed E-state index contributed by atoms with van der Waals surface area (Å²) in [6.07, 6.45) is 2.83. The Kier molecular flexibility index (Phi) is 5.25. The predicted molar refractivity (Wildman–Crippen MR) is 102 cm³/mol. The largest absolute Gasteiger partial charge is 0.299 e. The molecule has 3 aromatic carbocycles. The van der Waals surface area contributed by atoms with Crippen LogP contribution in [-0.2, 0) is 12.1 Å². The van der Waals surface area contributed by atoms with Gasteiger partial charge >= 0.3 is 0 Å². The van der Waals surface area contributed by atoms with Gasteiger partial charge in [0.05, 0.1) is 5.54 Å². The van der Waals surface area contributed by atoms with Crippen molar-refractivity contribution in [2.45, 2.75) is 18.5 Å². The zero-order valence-corrected chi connectivity index (χ0v) is 13.9. The molecule has 0 heterocycles. The van der Waals surface area contributed by atoms with Crippen molar-refractivity contribution in [1.29, 1.82) is 0 Å². The summed E-state index contributed by atoms with van der Waals surface area (Å²) in [5, 5.41) is 3.81. The first-order chi connectivity index (χ1) is 11.8. The number of hydrogen-bond donors (Lipinski definition) is 1. The molecule has 0 saturated heterocycles. The molecule has 1 N–H and O–H groups in total. The van der Waals surface area contributed by atoms with Crippen molar-refractivity contribution in [3.8, 4) is 0 Å². The normalized spacial score (nSPS) is 11.2. The molecule has 0 spiro atoms. The third-order valence-electron chi connectivity index (χ3n) is 4.42. The van der Waals surface area contributed by atoms with Crippen LogP contribution in [0.3, 0.4) is 0 Å². The molecule has 0 saturated carbocycles. The van der Waals surface area contributed by atoms with Crippen LogP contribution in [0.1, 0.15) is 23.1 Å². The molecule has 1 heteroatoms. The van der Waals surface area contributed by atoms with Gasteiger partial charge in [-0.2, -0.15) is 0 Å². The lowest BCUT2D eigenvalue weighted by atomic mass is 9.80. The lowest BCUT2D eigenvalue weighted by Gasteiger charge is -2.36. The summed E-state index contributed by atoms with van der Waals surface area (Å²) in [5.74, 6) is 0. The van der Waals surface area contributed by atoms with Gasteiger partial charge in [-0.25, -0.2) is 0 Å². The van der Waals surface area contributed by atoms with Gasteiger partial charge in [0.1, 0.15) is 0 Å². The highest BCUT2D eigenvalue weighted by Crippen LogP contribution is 2.33. The van der Waals surface area contributed by atoms with E-state index in [-0.39, 0.29) is 5.54 Å². The van der Waals surface area contributed by atoms with Crippen LogP contribution in [0.4, 0.5) is 0 Å². The van der Waals surface area contributed by atoms with Gasteiger partial charge < -0.3 is 0 Å². The minimum Gasteiger partial charge on any atom is -0.299 e. The highest BCUT2D eigenvalue weighted by atomic mass is 15.0. The van der Waals surface area contributed by atoms with Crippen LogP contribution in [0.5, 0.6) is 0 Å². The van der Waals surface area contributed by atoms with Crippen LogP contribution in [0, 0.1) is 0 Å². The van der Waals surface area contributed by atoms with E-state index in [0.29, 0.717) is 0 Å². The fourth-order valence-electron chi connectivity index (χ4n) is 3.19. The molecule has 0 aliphatic carbocycles. The highest BCUT2D eigenvalue weighted by molar-refractivity contribution is 5.39. The van der Waals surface area contributed by atoms with Gasteiger partial charge in [-0.15, -0.1) is 6.58 Å². The van der Waals surface area contributed by atoms with Crippen LogP contribution in [-0.4, -0.2) is 0 Å². The third kappa shape index (κ3) is 3.47. The van der Waals surface area contributed by atoms with E-state index in [4.69, 9.17) is 0 Å². The first-order valence-corrected chi connectivity index (χ1v) is 8.36. The van der Waals surface area contributed by atoms with Crippen LogP contribution in [0.15, 0.2) is 104 Å². The van der Waals surface area contributed by atoms with Crippen molar-refractivity contribution in [3.63, 3.8) is 0 Å². The van der Waals surface area contributed by atoms with Gasteiger partial charge in [0, 0.05) is 6.54 Å². The van der Waals surface area contributed by atoms with Crippen LogP contribution in [0.25, 0.3) is 0 Å². The first-order valence-electron chi connectivity index (χ1n) is 8.36. The van der Waals surface area contributed by atoms with Gasteiger partial charge in [-0.1, -0.05) is 97.1 Å². The molecule has 24 heavy (non-hydrogen) atoms. The molecule has 0 aromatic heterocycles. The molecular weight excluding hydrogens is 290 g/mol. The van der Waals surface area contributed by atoms with Crippen molar-refractivity contribution in [2.75, 3.05) is 0 Å². The maximum absolute atomic E-state index is 4.01. The molecule has 3 aromatic rings. The molecule has 0 bridgehead atoms. The maximum Gasteiger partial charge on any atom is 0.0728 e. The number of benzene rings is 3. The van der Waals surface area contributed by atoms with E-state index < -0.39 is 0 Å². The van der Waals surface area contributed by atoms with Crippen LogP contribution < -0.4 is 5.32 Å². The van der Waals surface area contributed by atoms with E-state index in [0.717, 1.165) is 13.0 Å². The molecule has 0 unspecified atom stereocenters. The standard InChI is InChI=1S/C23H23N/c1-2-18-23(21-14-8-4-9-15-21,22-16-10-5-11-17-22)24-19-20-12-6-3-7-13-20/h2-17,24H,1,18-19H2. The molecule has 1 nitrogen and oxygen atoms in total. The highest BCUT2D eigenvalue weighted by Gasteiger charge is 2.32. The van der Waals surface area contributed by atoms with E-state index in [9.17, 15) is 0 Å². The van der Waals surface area contributed by atoms with Crippen molar-refractivity contribution in [2.24, 2.45) is 0 Å². The summed E-state index contributed by atoms with van der Waals surface area (Å²) >= 11 is 0. The Hall–Kier alpha value is -2.64. The third-order valence-corrected chi connectivity index (χ3v) is 4.42. The Morgan fingerprint density at radius 2 is 1.17 bits per heavy atom. The molecule has 0 fully saturated rings. The molecule has 0 atom stereocenters. The molecule has 0 aliphatic heterocycles. The summed E-state index contributed by atoms with van der Waals surface area (Å²) in [7, 11) is 0. The fraction of sp³-hybridized carbons (Fsp3) is 0.130. The zero-order valence-electron chi connectivity index (χ0n) is 13.9. The van der Waals surface area contributed by atoms with Crippen LogP contribution >= 0.6 is 0 Å². The van der Waals surface area contributed by atoms with Crippen LogP contribution in [0.2, 0.25) is 0 Å². The second-order valence-corrected chi connectivity index (χ2v) is 5.97. The van der Waals surface area contributed by atoms with Gasteiger partial charge in [0.2, 0.25) is 0 Å². The maximum atomic E-state index is 4.01. The summed E-state index contributed by atoms with van der Waals surface area (Å²) in [4.78, 5) is 0. The van der Waals surface area contributed by atoms with Crippen molar-refractivity contribution in [3.05, 3.63) is 120 Å². The second kappa shape index (κ2) is 7.76. The van der Waals surface area contributed by atoms with E-state index in [1.165, 1.54) is 16.7 Å². The van der Waals surface area contributed by atoms with Gasteiger partial charge in [0.25, 0.3) is 0 Å². The molecule has 3 rings (SSSR count). The number of rotatable bonds is 7. The quantitative estimate of drug-likeness (QED) is 0.584. The van der Waals surface area contributed by atoms with E-state index in [2.05, 4.69) is 103 Å². The summed E-state index contributed by atoms with van der Waals surface area (Å²) in [6.45, 7) is 4.82. The van der Waals surface area contributed by atoms with Crippen molar-refractivity contribution >= 4 is 0 Å². The Labute approximate surface area is 144 Å². The Balaban J connectivity index is 2.03. The van der Waals surface area contributed by atoms with Crippen molar-refractivity contribution < 1.29 is 0 Å². The molecule has 0 radical (unpaired) electrons. The topological polar surface area (TPSA) is 12.0 Å². The van der Waals surface area contributed by atoms with Gasteiger partial charge in [0.15, 0.2) is 0 Å². The minimum atomic E-state index is -0.278. The van der Waals surface area contributed by atoms with E-state index >= 15 is 0 Å². The summed E-state index contributed by atoms with van der Waals surface area (Å²) in [5.41, 5.74) is 3.51.